The van der Waals surface area contributed by atoms with E-state index in [0.29, 0.717) is 39.0 Å². The Balaban J connectivity index is 1.53. The maximum absolute atomic E-state index is 13.3. The average molecular weight is 438 g/mol. The number of piperidine rings is 1. The predicted octanol–water partition coefficient (Wildman–Crippen LogP) is 3.31. The number of phenolic OH excluding ortho intramolecular Hbond substituents is 1. The summed E-state index contributed by atoms with van der Waals surface area (Å²) in [6.07, 6.45) is 1.53. The molecule has 2 heterocycles. The van der Waals surface area contributed by atoms with Gasteiger partial charge in [0.15, 0.2) is 0 Å². The van der Waals surface area contributed by atoms with Gasteiger partial charge in [0, 0.05) is 44.1 Å². The molecule has 7 nitrogen and oxygen atoms in total. The number of nitrogens with one attached hydrogen (secondary N) is 1. The molecule has 2 aromatic carbocycles. The van der Waals surface area contributed by atoms with Gasteiger partial charge in [0.1, 0.15) is 17.1 Å². The molecule has 2 N–H and O–H groups in total. The number of fused-ring (bicyclic) bond motifs is 1. The molecular formula is C25H31N3O4. The average Bonchev–Trinajstić information content (AvgIpc) is 2.90. The zero-order valence-corrected chi connectivity index (χ0v) is 18.7. The first-order valence-electron chi connectivity index (χ1n) is 11.2. The molecule has 1 fully saturated rings. The van der Waals surface area contributed by atoms with Gasteiger partial charge in [-0.25, -0.2) is 4.79 Å². The summed E-state index contributed by atoms with van der Waals surface area (Å²) >= 11 is 0. The van der Waals surface area contributed by atoms with Crippen LogP contribution < -0.4 is 10.1 Å². The third kappa shape index (κ3) is 4.98. The fourth-order valence-electron chi connectivity index (χ4n) is 4.45. The van der Waals surface area contributed by atoms with Crippen LogP contribution in [0.5, 0.6) is 11.5 Å². The van der Waals surface area contributed by atoms with Crippen molar-refractivity contribution in [3.8, 4) is 11.5 Å². The van der Waals surface area contributed by atoms with Crippen molar-refractivity contribution < 1.29 is 19.4 Å². The highest BCUT2D eigenvalue weighted by Crippen LogP contribution is 2.36. The van der Waals surface area contributed by atoms with Crippen molar-refractivity contribution in [2.45, 2.75) is 51.3 Å². The van der Waals surface area contributed by atoms with Crippen molar-refractivity contribution in [1.82, 2.24) is 15.1 Å². The van der Waals surface area contributed by atoms with Crippen molar-refractivity contribution >= 4 is 11.9 Å². The Morgan fingerprint density at radius 3 is 2.56 bits per heavy atom. The highest BCUT2D eigenvalue weighted by atomic mass is 16.5. The van der Waals surface area contributed by atoms with Crippen LogP contribution in [0.1, 0.15) is 37.8 Å². The number of likely N-dealkylation sites (tertiary alicyclic amines) is 1. The molecule has 1 spiro atoms. The number of ether oxygens (including phenoxy) is 1. The molecule has 2 aliphatic rings. The van der Waals surface area contributed by atoms with Gasteiger partial charge in [0.05, 0.1) is 13.0 Å². The quantitative estimate of drug-likeness (QED) is 0.772. The number of hydrogen-bond donors (Lipinski definition) is 2. The zero-order valence-electron chi connectivity index (χ0n) is 18.7. The van der Waals surface area contributed by atoms with Crippen molar-refractivity contribution in [3.05, 3.63) is 59.7 Å². The molecule has 4 rings (SSSR count). The molecule has 2 aromatic rings. The fraction of sp³-hybridized carbons (Fsp3) is 0.440. The Morgan fingerprint density at radius 1 is 1.09 bits per heavy atom. The number of amides is 3. The van der Waals surface area contributed by atoms with Crippen molar-refractivity contribution in [2.24, 2.45) is 0 Å². The van der Waals surface area contributed by atoms with Gasteiger partial charge in [-0.05, 0) is 37.6 Å². The molecule has 170 valence electrons. The molecule has 0 aromatic heterocycles. The molecule has 32 heavy (non-hydrogen) atoms. The summed E-state index contributed by atoms with van der Waals surface area (Å²) < 4.78 is 6.55. The number of benzene rings is 2. The second kappa shape index (κ2) is 9.10. The summed E-state index contributed by atoms with van der Waals surface area (Å²) in [7, 11) is 0. The molecule has 0 saturated carbocycles. The van der Waals surface area contributed by atoms with Gasteiger partial charge in [0.25, 0.3) is 0 Å². The van der Waals surface area contributed by atoms with Crippen LogP contribution in [0.25, 0.3) is 0 Å². The van der Waals surface area contributed by atoms with Crippen LogP contribution in [0.3, 0.4) is 0 Å². The first kappa shape index (κ1) is 22.0. The second-order valence-electron chi connectivity index (χ2n) is 9.08. The number of para-hydroxylation sites is 1. The van der Waals surface area contributed by atoms with E-state index in [1.54, 1.807) is 18.2 Å². The van der Waals surface area contributed by atoms with Crippen LogP contribution in [0.4, 0.5) is 4.79 Å². The minimum atomic E-state index is -0.532. The molecule has 0 unspecified atom stereocenters. The summed E-state index contributed by atoms with van der Waals surface area (Å²) in [5.41, 5.74) is 1.23. The van der Waals surface area contributed by atoms with E-state index >= 15 is 0 Å². The lowest BCUT2D eigenvalue weighted by atomic mass is 9.90. The van der Waals surface area contributed by atoms with E-state index < -0.39 is 5.60 Å². The summed E-state index contributed by atoms with van der Waals surface area (Å²) in [6.45, 7) is 6.01. The number of carbonyl (C=O) groups is 2. The zero-order chi connectivity index (χ0) is 22.7. The Bertz CT molecular complexity index is 983. The number of urea groups is 1. The Labute approximate surface area is 189 Å². The SMILES string of the molecule is CC(C)NC(=O)N1CCC2(CC1)CN(C(=O)Cc1cccc(O)c1)Cc1ccccc1O2. The number of aromatic hydroxyl groups is 1. The number of nitrogens with zero attached hydrogens (tertiary/aromatic N) is 2. The first-order valence-corrected chi connectivity index (χ1v) is 11.2. The van der Waals surface area contributed by atoms with E-state index in [1.165, 1.54) is 0 Å². The third-order valence-corrected chi connectivity index (χ3v) is 6.13. The first-order chi connectivity index (χ1) is 15.3. The Kier molecular flexibility index (Phi) is 6.26. The lowest BCUT2D eigenvalue weighted by molar-refractivity contribution is -0.134. The lowest BCUT2D eigenvalue weighted by Gasteiger charge is -2.42. The predicted molar refractivity (Wildman–Crippen MR) is 122 cm³/mol. The van der Waals surface area contributed by atoms with Crippen LogP contribution in [-0.4, -0.2) is 58.1 Å². The van der Waals surface area contributed by atoms with E-state index in [2.05, 4.69) is 5.32 Å². The van der Waals surface area contributed by atoms with E-state index in [-0.39, 0.29) is 30.2 Å². The van der Waals surface area contributed by atoms with Crippen molar-refractivity contribution in [3.63, 3.8) is 0 Å². The molecule has 3 amide bonds. The summed E-state index contributed by atoms with van der Waals surface area (Å²) in [6, 6.07) is 14.7. The Morgan fingerprint density at radius 2 is 1.84 bits per heavy atom. The van der Waals surface area contributed by atoms with E-state index in [9.17, 15) is 14.7 Å². The molecule has 0 atom stereocenters. The van der Waals surface area contributed by atoms with Crippen LogP contribution in [-0.2, 0) is 17.8 Å². The summed E-state index contributed by atoms with van der Waals surface area (Å²) in [4.78, 5) is 29.4. The van der Waals surface area contributed by atoms with Gasteiger partial charge in [-0.15, -0.1) is 0 Å². The maximum Gasteiger partial charge on any atom is 0.317 e. The van der Waals surface area contributed by atoms with Gasteiger partial charge < -0.3 is 25.0 Å². The Hall–Kier alpha value is -3.22. The van der Waals surface area contributed by atoms with Gasteiger partial charge in [-0.3, -0.25) is 4.79 Å². The summed E-state index contributed by atoms with van der Waals surface area (Å²) in [5, 5.41) is 12.7. The molecule has 2 aliphatic heterocycles. The largest absolute Gasteiger partial charge is 0.508 e. The van der Waals surface area contributed by atoms with Crippen molar-refractivity contribution in [2.75, 3.05) is 19.6 Å². The minimum Gasteiger partial charge on any atom is -0.508 e. The third-order valence-electron chi connectivity index (χ3n) is 6.13. The molecular weight excluding hydrogens is 406 g/mol. The normalized spacial score (nSPS) is 17.5. The fourth-order valence-corrected chi connectivity index (χ4v) is 4.45. The van der Waals surface area contributed by atoms with Crippen LogP contribution in [0.15, 0.2) is 48.5 Å². The number of carbonyl (C=O) groups excluding carboxylic acids is 2. The second-order valence-corrected chi connectivity index (χ2v) is 9.08. The van der Waals surface area contributed by atoms with Crippen molar-refractivity contribution in [1.29, 1.82) is 0 Å². The van der Waals surface area contributed by atoms with E-state index in [0.717, 1.165) is 16.9 Å². The molecule has 7 heteroatoms. The summed E-state index contributed by atoms with van der Waals surface area (Å²) in [5.74, 6) is 0.957. The van der Waals surface area contributed by atoms with Crippen LogP contribution in [0.2, 0.25) is 0 Å². The van der Waals surface area contributed by atoms with Gasteiger partial charge in [-0.2, -0.15) is 0 Å². The smallest absolute Gasteiger partial charge is 0.317 e. The van der Waals surface area contributed by atoms with Crippen LogP contribution >= 0.6 is 0 Å². The molecule has 1 saturated heterocycles. The number of rotatable bonds is 3. The maximum atomic E-state index is 13.3. The molecule has 0 bridgehead atoms. The number of hydrogen-bond acceptors (Lipinski definition) is 4. The van der Waals surface area contributed by atoms with Crippen LogP contribution in [0, 0.1) is 0 Å². The minimum absolute atomic E-state index is 0.00439. The van der Waals surface area contributed by atoms with Gasteiger partial charge >= 0.3 is 6.03 Å². The lowest BCUT2D eigenvalue weighted by Crippen LogP contribution is -2.57. The standard InChI is InChI=1S/C25H31N3O4/c1-18(2)26-24(31)27-12-10-25(11-13-27)17-28(16-20-7-3-4-9-22(20)32-25)23(30)15-19-6-5-8-21(29)14-19/h3-9,14,18,29H,10-13,15-17H2,1-2H3,(H,26,31). The highest BCUT2D eigenvalue weighted by Gasteiger charge is 2.42. The van der Waals surface area contributed by atoms with Gasteiger partial charge in [-0.1, -0.05) is 30.3 Å². The monoisotopic (exact) mass is 437 g/mol. The topological polar surface area (TPSA) is 82.1 Å². The highest BCUT2D eigenvalue weighted by molar-refractivity contribution is 5.79. The van der Waals surface area contributed by atoms with E-state index in [1.807, 2.05) is 54.0 Å². The molecule has 0 radical (unpaired) electrons. The van der Waals surface area contributed by atoms with Gasteiger partial charge in [0.2, 0.25) is 5.91 Å². The van der Waals surface area contributed by atoms with E-state index in [4.69, 9.17) is 4.74 Å². The number of phenols is 1. The molecule has 0 aliphatic carbocycles.